The molecule has 0 atom stereocenters. The number of carbonyl (C=O) groups is 2. The number of carbonyl (C=O) groups excluding carboxylic acids is 2. The van der Waals surface area contributed by atoms with Crippen LogP contribution in [0.3, 0.4) is 0 Å². The highest BCUT2D eigenvalue weighted by Crippen LogP contribution is 2.21. The van der Waals surface area contributed by atoms with E-state index in [0.29, 0.717) is 18.5 Å². The fourth-order valence-electron chi connectivity index (χ4n) is 3.20. The van der Waals surface area contributed by atoms with Crippen LogP contribution in [0.4, 0.5) is 5.69 Å². The van der Waals surface area contributed by atoms with E-state index in [2.05, 4.69) is 10.3 Å². The summed E-state index contributed by atoms with van der Waals surface area (Å²) in [5.41, 5.74) is 3.48. The zero-order valence-corrected chi connectivity index (χ0v) is 14.8. The number of nitrogens with zero attached hydrogens (tertiary/aromatic N) is 3. The third-order valence-electron chi connectivity index (χ3n) is 4.71. The van der Waals surface area contributed by atoms with Gasteiger partial charge in [0.25, 0.3) is 5.91 Å². The van der Waals surface area contributed by atoms with E-state index in [9.17, 15) is 9.59 Å². The van der Waals surface area contributed by atoms with Gasteiger partial charge in [-0.1, -0.05) is 12.1 Å². The molecular weight excluding hydrogens is 340 g/mol. The fraction of sp³-hybridized carbons (Fsp3) is 0.190. The molecule has 1 aliphatic heterocycles. The first-order chi connectivity index (χ1) is 13.2. The summed E-state index contributed by atoms with van der Waals surface area (Å²) in [5, 5.41) is 2.93. The Bertz CT molecular complexity index is 931. The van der Waals surface area contributed by atoms with Crippen LogP contribution >= 0.6 is 0 Å². The summed E-state index contributed by atoms with van der Waals surface area (Å²) in [6.07, 6.45) is 6.82. The first-order valence-electron chi connectivity index (χ1n) is 8.96. The van der Waals surface area contributed by atoms with Crippen LogP contribution in [0.1, 0.15) is 28.8 Å². The lowest BCUT2D eigenvalue weighted by Crippen LogP contribution is -2.24. The average Bonchev–Trinajstić information content (AvgIpc) is 3.39. The van der Waals surface area contributed by atoms with E-state index >= 15 is 0 Å². The van der Waals surface area contributed by atoms with Crippen LogP contribution in [-0.4, -0.2) is 27.9 Å². The molecule has 0 saturated carbocycles. The van der Waals surface area contributed by atoms with E-state index in [-0.39, 0.29) is 11.8 Å². The summed E-state index contributed by atoms with van der Waals surface area (Å²) in [7, 11) is 0. The van der Waals surface area contributed by atoms with Crippen molar-refractivity contribution >= 4 is 17.5 Å². The Labute approximate surface area is 157 Å². The van der Waals surface area contributed by atoms with Crippen LogP contribution in [0, 0.1) is 0 Å². The number of hydrogen-bond donors (Lipinski definition) is 1. The highest BCUT2D eigenvalue weighted by molar-refractivity contribution is 5.95. The van der Waals surface area contributed by atoms with E-state index in [1.165, 1.54) is 0 Å². The van der Waals surface area contributed by atoms with Gasteiger partial charge in [-0.2, -0.15) is 0 Å². The molecule has 6 heteroatoms. The minimum absolute atomic E-state index is 0.119. The second kappa shape index (κ2) is 7.45. The Hall–Kier alpha value is -3.41. The van der Waals surface area contributed by atoms with E-state index in [1.807, 2.05) is 52.1 Å². The lowest BCUT2D eigenvalue weighted by molar-refractivity contribution is -0.117. The van der Waals surface area contributed by atoms with Crippen molar-refractivity contribution in [2.75, 3.05) is 11.4 Å². The standard InChI is InChI=1S/C21H20N4O2/c26-20-2-1-12-25(20)19-7-3-16(4-8-19)14-23-21(27)17-5-9-18(10-6-17)24-13-11-22-15-24/h3-11,13,15H,1-2,12,14H2,(H,23,27). The number of anilines is 1. The average molecular weight is 360 g/mol. The lowest BCUT2D eigenvalue weighted by atomic mass is 10.1. The number of aromatic nitrogens is 2. The molecule has 0 aliphatic carbocycles. The monoisotopic (exact) mass is 360 g/mol. The topological polar surface area (TPSA) is 67.2 Å². The highest BCUT2D eigenvalue weighted by Gasteiger charge is 2.21. The first-order valence-corrected chi connectivity index (χ1v) is 8.96. The van der Waals surface area contributed by atoms with Crippen molar-refractivity contribution in [2.24, 2.45) is 0 Å². The Morgan fingerprint density at radius 2 is 1.78 bits per heavy atom. The van der Waals surface area contributed by atoms with Crippen molar-refractivity contribution in [2.45, 2.75) is 19.4 Å². The minimum atomic E-state index is -0.119. The molecule has 2 aromatic carbocycles. The predicted molar refractivity (Wildman–Crippen MR) is 103 cm³/mol. The summed E-state index contributed by atoms with van der Waals surface area (Å²) in [6, 6.07) is 15.1. The molecule has 1 fully saturated rings. The molecule has 4 rings (SSSR count). The summed E-state index contributed by atoms with van der Waals surface area (Å²) in [6.45, 7) is 1.22. The summed E-state index contributed by atoms with van der Waals surface area (Å²) >= 11 is 0. The Morgan fingerprint density at radius 1 is 1.04 bits per heavy atom. The maximum Gasteiger partial charge on any atom is 0.251 e. The van der Waals surface area contributed by atoms with Crippen LogP contribution in [-0.2, 0) is 11.3 Å². The van der Waals surface area contributed by atoms with Crippen molar-refractivity contribution in [1.29, 1.82) is 0 Å². The van der Waals surface area contributed by atoms with E-state index in [4.69, 9.17) is 0 Å². The third kappa shape index (κ3) is 3.74. The summed E-state index contributed by atoms with van der Waals surface area (Å²) in [4.78, 5) is 30.0. The Morgan fingerprint density at radius 3 is 2.41 bits per heavy atom. The largest absolute Gasteiger partial charge is 0.348 e. The molecule has 6 nitrogen and oxygen atoms in total. The molecule has 3 aromatic rings. The van der Waals surface area contributed by atoms with Gasteiger partial charge in [0.1, 0.15) is 0 Å². The molecule has 1 aliphatic rings. The van der Waals surface area contributed by atoms with Crippen LogP contribution < -0.4 is 10.2 Å². The van der Waals surface area contributed by atoms with Gasteiger partial charge < -0.3 is 14.8 Å². The van der Waals surface area contributed by atoms with Gasteiger partial charge in [0.15, 0.2) is 0 Å². The third-order valence-corrected chi connectivity index (χ3v) is 4.71. The first kappa shape index (κ1) is 17.0. The van der Waals surface area contributed by atoms with Crippen LogP contribution in [0.2, 0.25) is 0 Å². The molecule has 1 saturated heterocycles. The molecule has 2 amide bonds. The van der Waals surface area contributed by atoms with Gasteiger partial charge >= 0.3 is 0 Å². The predicted octanol–water partition coefficient (Wildman–Crippen LogP) is 2.93. The van der Waals surface area contributed by atoms with Crippen LogP contribution in [0.15, 0.2) is 67.3 Å². The minimum Gasteiger partial charge on any atom is -0.348 e. The maximum absolute atomic E-state index is 12.4. The van der Waals surface area contributed by atoms with Gasteiger partial charge in [0.05, 0.1) is 6.33 Å². The van der Waals surface area contributed by atoms with E-state index in [0.717, 1.165) is 29.9 Å². The summed E-state index contributed by atoms with van der Waals surface area (Å²) < 4.78 is 1.88. The number of amides is 2. The zero-order chi connectivity index (χ0) is 18.6. The Kier molecular flexibility index (Phi) is 4.70. The number of nitrogens with one attached hydrogen (secondary N) is 1. The number of benzene rings is 2. The fourth-order valence-corrected chi connectivity index (χ4v) is 3.20. The van der Waals surface area contributed by atoms with Crippen LogP contribution in [0.5, 0.6) is 0 Å². The molecule has 27 heavy (non-hydrogen) atoms. The van der Waals surface area contributed by atoms with Gasteiger partial charge in [0, 0.05) is 48.8 Å². The van der Waals surface area contributed by atoms with Crippen molar-refractivity contribution in [3.05, 3.63) is 78.4 Å². The molecule has 1 N–H and O–H groups in total. The molecule has 136 valence electrons. The summed E-state index contributed by atoms with van der Waals surface area (Å²) in [5.74, 6) is 0.0566. The number of rotatable bonds is 5. The quantitative estimate of drug-likeness (QED) is 0.761. The SMILES string of the molecule is O=C(NCc1ccc(N2CCCC2=O)cc1)c1ccc(-n2ccnc2)cc1. The number of imidazole rings is 1. The molecule has 1 aromatic heterocycles. The molecule has 0 radical (unpaired) electrons. The molecule has 0 unspecified atom stereocenters. The van der Waals surface area contributed by atoms with E-state index in [1.54, 1.807) is 24.7 Å². The molecular formula is C21H20N4O2. The highest BCUT2D eigenvalue weighted by atomic mass is 16.2. The van der Waals surface area contributed by atoms with Crippen molar-refractivity contribution in [1.82, 2.24) is 14.9 Å². The van der Waals surface area contributed by atoms with Gasteiger partial charge in [0.2, 0.25) is 5.91 Å². The zero-order valence-electron chi connectivity index (χ0n) is 14.8. The maximum atomic E-state index is 12.4. The molecule has 0 bridgehead atoms. The Balaban J connectivity index is 1.35. The van der Waals surface area contributed by atoms with Gasteiger partial charge in [-0.3, -0.25) is 9.59 Å². The van der Waals surface area contributed by atoms with Gasteiger partial charge in [-0.05, 0) is 48.4 Å². The van der Waals surface area contributed by atoms with Gasteiger partial charge in [-0.15, -0.1) is 0 Å². The normalized spacial score (nSPS) is 13.8. The molecule has 0 spiro atoms. The smallest absolute Gasteiger partial charge is 0.251 e. The second-order valence-electron chi connectivity index (χ2n) is 6.51. The van der Waals surface area contributed by atoms with Crippen molar-refractivity contribution in [3.8, 4) is 5.69 Å². The van der Waals surface area contributed by atoms with Crippen LogP contribution in [0.25, 0.3) is 5.69 Å². The second-order valence-corrected chi connectivity index (χ2v) is 6.51. The van der Waals surface area contributed by atoms with Gasteiger partial charge in [-0.25, -0.2) is 4.98 Å². The lowest BCUT2D eigenvalue weighted by Gasteiger charge is -2.16. The van der Waals surface area contributed by atoms with E-state index < -0.39 is 0 Å². The van der Waals surface area contributed by atoms with Crippen molar-refractivity contribution < 1.29 is 9.59 Å². The molecule has 2 heterocycles. The van der Waals surface area contributed by atoms with Crippen molar-refractivity contribution in [3.63, 3.8) is 0 Å². The number of hydrogen-bond acceptors (Lipinski definition) is 3.